The zero-order valence-corrected chi connectivity index (χ0v) is 7.93. The maximum atomic E-state index is 5.33. The Labute approximate surface area is 77.1 Å². The molecule has 0 amide bonds. The fourth-order valence-electron chi connectivity index (χ4n) is 1.45. The highest BCUT2D eigenvalue weighted by atomic mass is 32.2. The van der Waals surface area contributed by atoms with Gasteiger partial charge in [0.2, 0.25) is 0 Å². The molecular weight excluding hydrogens is 168 g/mol. The summed E-state index contributed by atoms with van der Waals surface area (Å²) in [6, 6.07) is 8.57. The lowest BCUT2D eigenvalue weighted by Crippen LogP contribution is -2.20. The van der Waals surface area contributed by atoms with Gasteiger partial charge < -0.3 is 4.74 Å². The minimum atomic E-state index is 0.407. The largest absolute Gasteiger partial charge is 0.380 e. The smallest absolute Gasteiger partial charge is 0.0705 e. The third-order valence-corrected chi connectivity index (χ3v) is 3.43. The van der Waals surface area contributed by atoms with Crippen molar-refractivity contribution in [2.75, 3.05) is 12.9 Å². The highest BCUT2D eigenvalue weighted by molar-refractivity contribution is 7.99. The number of thioether (sulfide) groups is 1. The Morgan fingerprint density at radius 2 is 2.25 bits per heavy atom. The summed E-state index contributed by atoms with van der Waals surface area (Å²) in [5, 5.41) is 0. The van der Waals surface area contributed by atoms with Crippen molar-refractivity contribution < 1.29 is 4.74 Å². The molecule has 1 aliphatic rings. The van der Waals surface area contributed by atoms with Crippen molar-refractivity contribution in [3.63, 3.8) is 0 Å². The van der Waals surface area contributed by atoms with Gasteiger partial charge in [0.25, 0.3) is 0 Å². The van der Waals surface area contributed by atoms with Crippen LogP contribution >= 0.6 is 11.8 Å². The van der Waals surface area contributed by atoms with E-state index in [0.717, 1.165) is 12.2 Å². The number of methoxy groups -OCH3 is 1. The van der Waals surface area contributed by atoms with E-state index in [0.29, 0.717) is 6.10 Å². The van der Waals surface area contributed by atoms with Crippen LogP contribution in [0.1, 0.15) is 5.56 Å². The summed E-state index contributed by atoms with van der Waals surface area (Å²) in [6.45, 7) is 0. The van der Waals surface area contributed by atoms with Gasteiger partial charge in [0.15, 0.2) is 0 Å². The average Bonchev–Trinajstić information content (AvgIpc) is 2.17. The molecule has 2 heteroatoms. The first kappa shape index (κ1) is 8.14. The number of ether oxygens (including phenoxy) is 1. The molecule has 0 radical (unpaired) electrons. The summed E-state index contributed by atoms with van der Waals surface area (Å²) >= 11 is 1.90. The lowest BCUT2D eigenvalue weighted by atomic mass is 10.1. The van der Waals surface area contributed by atoms with Crippen LogP contribution in [0.2, 0.25) is 0 Å². The van der Waals surface area contributed by atoms with E-state index in [2.05, 4.69) is 24.3 Å². The standard InChI is InChI=1S/C10H12OS/c1-11-9-6-8-4-2-3-5-10(8)12-7-9/h2-5,9H,6-7H2,1H3. The number of hydrogen-bond donors (Lipinski definition) is 0. The molecular formula is C10H12OS. The summed E-state index contributed by atoms with van der Waals surface area (Å²) in [4.78, 5) is 1.42. The van der Waals surface area contributed by atoms with E-state index in [4.69, 9.17) is 4.74 Å². The van der Waals surface area contributed by atoms with Crippen molar-refractivity contribution in [1.29, 1.82) is 0 Å². The van der Waals surface area contributed by atoms with Gasteiger partial charge in [-0.05, 0) is 11.6 Å². The Hall–Kier alpha value is -0.470. The van der Waals surface area contributed by atoms with E-state index >= 15 is 0 Å². The van der Waals surface area contributed by atoms with Gasteiger partial charge in [0, 0.05) is 24.2 Å². The van der Waals surface area contributed by atoms with Gasteiger partial charge in [0.1, 0.15) is 0 Å². The van der Waals surface area contributed by atoms with Gasteiger partial charge in [-0.3, -0.25) is 0 Å². The number of fused-ring (bicyclic) bond motifs is 1. The Morgan fingerprint density at radius 3 is 3.08 bits per heavy atom. The van der Waals surface area contributed by atoms with E-state index in [1.807, 2.05) is 11.8 Å². The van der Waals surface area contributed by atoms with E-state index in [-0.39, 0.29) is 0 Å². The van der Waals surface area contributed by atoms with Crippen molar-refractivity contribution in [3.8, 4) is 0 Å². The number of benzene rings is 1. The van der Waals surface area contributed by atoms with E-state index in [9.17, 15) is 0 Å². The molecule has 0 bridgehead atoms. The SMILES string of the molecule is COC1CSc2ccccc2C1. The predicted molar refractivity (Wildman–Crippen MR) is 51.7 cm³/mol. The molecule has 64 valence electrons. The molecule has 1 aromatic carbocycles. The van der Waals surface area contributed by atoms with Gasteiger partial charge in [-0.2, -0.15) is 0 Å². The Bertz CT molecular complexity index is 272. The summed E-state index contributed by atoms with van der Waals surface area (Å²) in [5.74, 6) is 1.09. The van der Waals surface area contributed by atoms with Gasteiger partial charge in [-0.15, -0.1) is 11.8 Å². The van der Waals surface area contributed by atoms with Crippen molar-refractivity contribution in [2.45, 2.75) is 17.4 Å². The van der Waals surface area contributed by atoms with Crippen LogP contribution in [0, 0.1) is 0 Å². The molecule has 1 heterocycles. The molecule has 1 atom stereocenters. The molecule has 1 nitrogen and oxygen atoms in total. The van der Waals surface area contributed by atoms with Crippen LogP contribution < -0.4 is 0 Å². The molecule has 2 rings (SSSR count). The minimum absolute atomic E-state index is 0.407. The molecule has 1 aliphatic heterocycles. The fraction of sp³-hybridized carbons (Fsp3) is 0.400. The predicted octanol–water partition coefficient (Wildman–Crippen LogP) is 2.35. The molecule has 0 spiro atoms. The third kappa shape index (κ3) is 1.50. The van der Waals surface area contributed by atoms with Crippen LogP contribution in [-0.2, 0) is 11.2 Å². The van der Waals surface area contributed by atoms with Crippen LogP contribution in [0.4, 0.5) is 0 Å². The van der Waals surface area contributed by atoms with Crippen molar-refractivity contribution in [1.82, 2.24) is 0 Å². The first-order valence-electron chi connectivity index (χ1n) is 4.13. The summed E-state index contributed by atoms with van der Waals surface area (Å²) in [7, 11) is 1.79. The second kappa shape index (κ2) is 3.50. The Morgan fingerprint density at radius 1 is 1.42 bits per heavy atom. The first-order chi connectivity index (χ1) is 5.90. The number of hydrogen-bond acceptors (Lipinski definition) is 2. The fourth-order valence-corrected chi connectivity index (χ4v) is 2.58. The summed E-state index contributed by atoms with van der Waals surface area (Å²) in [6.07, 6.45) is 1.48. The van der Waals surface area contributed by atoms with Crippen LogP contribution in [0.25, 0.3) is 0 Å². The zero-order chi connectivity index (χ0) is 8.39. The molecule has 0 aliphatic carbocycles. The third-order valence-electron chi connectivity index (χ3n) is 2.18. The van der Waals surface area contributed by atoms with E-state index < -0.39 is 0 Å². The quantitative estimate of drug-likeness (QED) is 0.656. The van der Waals surface area contributed by atoms with Gasteiger partial charge in [-0.1, -0.05) is 18.2 Å². The highest BCUT2D eigenvalue weighted by Crippen LogP contribution is 2.30. The molecule has 0 aromatic heterocycles. The molecule has 0 saturated carbocycles. The highest BCUT2D eigenvalue weighted by Gasteiger charge is 2.17. The molecule has 12 heavy (non-hydrogen) atoms. The van der Waals surface area contributed by atoms with Gasteiger partial charge in [0.05, 0.1) is 6.10 Å². The van der Waals surface area contributed by atoms with Crippen LogP contribution in [0.15, 0.2) is 29.2 Å². The topological polar surface area (TPSA) is 9.23 Å². The van der Waals surface area contributed by atoms with Crippen molar-refractivity contribution in [3.05, 3.63) is 29.8 Å². The van der Waals surface area contributed by atoms with Crippen molar-refractivity contribution >= 4 is 11.8 Å². The van der Waals surface area contributed by atoms with Crippen molar-refractivity contribution in [2.24, 2.45) is 0 Å². The Balaban J connectivity index is 2.23. The van der Waals surface area contributed by atoms with Gasteiger partial charge >= 0.3 is 0 Å². The molecule has 1 unspecified atom stereocenters. The van der Waals surface area contributed by atoms with Crippen LogP contribution in [0.5, 0.6) is 0 Å². The lowest BCUT2D eigenvalue weighted by molar-refractivity contribution is 0.120. The second-order valence-corrected chi connectivity index (χ2v) is 4.04. The average molecular weight is 180 g/mol. The summed E-state index contributed by atoms with van der Waals surface area (Å²) < 4.78 is 5.33. The minimum Gasteiger partial charge on any atom is -0.380 e. The maximum absolute atomic E-state index is 5.33. The second-order valence-electron chi connectivity index (χ2n) is 2.98. The summed E-state index contributed by atoms with van der Waals surface area (Å²) in [5.41, 5.74) is 1.43. The monoisotopic (exact) mass is 180 g/mol. The van der Waals surface area contributed by atoms with E-state index in [1.54, 1.807) is 7.11 Å². The molecule has 1 aromatic rings. The van der Waals surface area contributed by atoms with E-state index in [1.165, 1.54) is 10.5 Å². The van der Waals surface area contributed by atoms with Crippen LogP contribution in [-0.4, -0.2) is 19.0 Å². The maximum Gasteiger partial charge on any atom is 0.0705 e. The first-order valence-corrected chi connectivity index (χ1v) is 5.12. The molecule has 0 fully saturated rings. The zero-order valence-electron chi connectivity index (χ0n) is 7.12. The molecule has 0 N–H and O–H groups in total. The lowest BCUT2D eigenvalue weighted by Gasteiger charge is -2.22. The number of rotatable bonds is 1. The normalized spacial score (nSPS) is 21.9. The molecule has 0 saturated heterocycles. The van der Waals surface area contributed by atoms with Gasteiger partial charge in [-0.25, -0.2) is 0 Å². The Kier molecular flexibility index (Phi) is 2.38. The van der Waals surface area contributed by atoms with Crippen LogP contribution in [0.3, 0.4) is 0 Å².